The number of carbonyl (C=O) groups is 6. The van der Waals surface area contributed by atoms with Crippen LogP contribution in [0.4, 0.5) is 5.69 Å². The van der Waals surface area contributed by atoms with Crippen LogP contribution in [0, 0.1) is 0 Å². The summed E-state index contributed by atoms with van der Waals surface area (Å²) in [5.41, 5.74) is -0.0549. The van der Waals surface area contributed by atoms with E-state index in [1.807, 2.05) is 5.32 Å². The van der Waals surface area contributed by atoms with Crippen molar-refractivity contribution >= 4 is 41.2 Å². The van der Waals surface area contributed by atoms with Crippen LogP contribution in [-0.4, -0.2) is 52.6 Å². The minimum absolute atomic E-state index is 0.000579. The molecule has 0 saturated carbocycles. The molecular weight excluding hydrogens is 410 g/mol. The summed E-state index contributed by atoms with van der Waals surface area (Å²) in [6.45, 7) is 1.09. The van der Waals surface area contributed by atoms with Crippen LogP contribution < -0.4 is 10.6 Å². The summed E-state index contributed by atoms with van der Waals surface area (Å²) in [5.74, 6) is -4.69. The molecule has 1 saturated heterocycles. The lowest BCUT2D eigenvalue weighted by Crippen LogP contribution is -2.59. The first-order chi connectivity index (χ1) is 14.8. The number of nitrogens with zero attached hydrogens (tertiary/aromatic N) is 1. The number of anilines is 1. The molecule has 2 N–H and O–H groups in total. The molecule has 2 unspecified atom stereocenters. The molecule has 2 aliphatic heterocycles. The number of furan rings is 1. The molecule has 31 heavy (non-hydrogen) atoms. The lowest BCUT2D eigenvalue weighted by atomic mass is 10.0. The van der Waals surface area contributed by atoms with Crippen molar-refractivity contribution in [1.82, 2.24) is 10.2 Å². The van der Waals surface area contributed by atoms with Gasteiger partial charge >= 0.3 is 5.97 Å². The first-order valence-corrected chi connectivity index (χ1v) is 9.15. The molecule has 0 radical (unpaired) electrons. The Morgan fingerprint density at radius 3 is 2.55 bits per heavy atom. The zero-order valence-corrected chi connectivity index (χ0v) is 16.0. The third-order valence-corrected chi connectivity index (χ3v) is 4.84. The van der Waals surface area contributed by atoms with E-state index in [-0.39, 0.29) is 29.0 Å². The van der Waals surface area contributed by atoms with Crippen molar-refractivity contribution < 1.29 is 37.9 Å². The fourth-order valence-electron chi connectivity index (χ4n) is 3.51. The number of hydrogen-bond acceptors (Lipinski definition) is 8. The van der Waals surface area contributed by atoms with Gasteiger partial charge in [0.2, 0.25) is 5.91 Å². The highest BCUT2D eigenvalue weighted by Gasteiger charge is 2.48. The molecule has 11 heteroatoms. The number of amides is 5. The van der Waals surface area contributed by atoms with Crippen molar-refractivity contribution in [3.05, 3.63) is 53.5 Å². The summed E-state index contributed by atoms with van der Waals surface area (Å²) in [4.78, 5) is 74.6. The van der Waals surface area contributed by atoms with Crippen LogP contribution >= 0.6 is 0 Å². The number of esters is 1. The lowest BCUT2D eigenvalue weighted by molar-refractivity contribution is -0.159. The smallest absolute Gasteiger partial charge is 0.303 e. The number of imide groups is 2. The molecule has 2 aliphatic rings. The standard InChI is InChI=1S/C20H15N3O8/c1-9(24)31-14-8-12(16(25)22-18(14)27)23-19(28)10-4-2-5-11(15(10)20(23)29)21-17(26)13-6-3-7-30-13/h2-7,12,14H,8H2,1H3,(H,21,26)(H,22,25,27). The molecule has 0 aliphatic carbocycles. The SMILES string of the molecule is CC(=O)OC1CC(N2C(=O)c3cccc(NC(=O)c4ccco4)c3C2=O)C(=O)NC1=O. The predicted molar refractivity (Wildman–Crippen MR) is 101 cm³/mol. The number of carbonyl (C=O) groups excluding carboxylic acids is 6. The maximum atomic E-state index is 13.1. The van der Waals surface area contributed by atoms with E-state index in [2.05, 4.69) is 5.32 Å². The molecule has 0 bridgehead atoms. The Balaban J connectivity index is 1.64. The molecule has 1 fully saturated rings. The van der Waals surface area contributed by atoms with Crippen molar-refractivity contribution in [2.45, 2.75) is 25.5 Å². The summed E-state index contributed by atoms with van der Waals surface area (Å²) in [5, 5.41) is 4.53. The second kappa shape index (κ2) is 7.52. The van der Waals surface area contributed by atoms with E-state index in [1.54, 1.807) is 0 Å². The van der Waals surface area contributed by atoms with Crippen LogP contribution in [0.3, 0.4) is 0 Å². The van der Waals surface area contributed by atoms with Gasteiger partial charge in [-0.3, -0.25) is 39.0 Å². The van der Waals surface area contributed by atoms with Crippen LogP contribution in [0.15, 0.2) is 41.0 Å². The first kappa shape index (κ1) is 20.0. The van der Waals surface area contributed by atoms with Gasteiger partial charge < -0.3 is 14.5 Å². The molecule has 158 valence electrons. The molecule has 3 heterocycles. The van der Waals surface area contributed by atoms with E-state index >= 15 is 0 Å². The Morgan fingerprint density at radius 2 is 1.87 bits per heavy atom. The predicted octanol–water partition coefficient (Wildman–Crippen LogP) is 0.475. The number of benzene rings is 1. The van der Waals surface area contributed by atoms with Crippen molar-refractivity contribution in [3.63, 3.8) is 0 Å². The average molecular weight is 425 g/mol. The number of fused-ring (bicyclic) bond motifs is 1. The highest BCUT2D eigenvalue weighted by molar-refractivity contribution is 6.26. The molecule has 0 spiro atoms. The Hall–Kier alpha value is -4.28. The van der Waals surface area contributed by atoms with Crippen molar-refractivity contribution in [3.8, 4) is 0 Å². The molecule has 2 aromatic rings. The molecule has 4 rings (SSSR count). The van der Waals surface area contributed by atoms with Crippen LogP contribution in [0.25, 0.3) is 0 Å². The highest BCUT2D eigenvalue weighted by atomic mass is 16.5. The molecular formula is C20H15N3O8. The largest absolute Gasteiger partial charge is 0.459 e. The minimum atomic E-state index is -1.37. The quantitative estimate of drug-likeness (QED) is 0.530. The fraction of sp³-hybridized carbons (Fsp3) is 0.200. The zero-order chi connectivity index (χ0) is 22.3. The van der Waals surface area contributed by atoms with E-state index in [4.69, 9.17) is 9.15 Å². The van der Waals surface area contributed by atoms with Gasteiger partial charge in [-0.05, 0) is 24.3 Å². The van der Waals surface area contributed by atoms with E-state index in [0.29, 0.717) is 4.90 Å². The normalized spacial score (nSPS) is 20.4. The maximum absolute atomic E-state index is 13.1. The monoisotopic (exact) mass is 425 g/mol. The van der Waals surface area contributed by atoms with Gasteiger partial charge in [0.25, 0.3) is 23.6 Å². The van der Waals surface area contributed by atoms with Gasteiger partial charge in [-0.25, -0.2) is 0 Å². The second-order valence-corrected chi connectivity index (χ2v) is 6.84. The van der Waals surface area contributed by atoms with Crippen molar-refractivity contribution in [1.29, 1.82) is 0 Å². The van der Waals surface area contributed by atoms with Gasteiger partial charge in [0.15, 0.2) is 11.9 Å². The van der Waals surface area contributed by atoms with Gasteiger partial charge in [-0.2, -0.15) is 0 Å². The number of hydrogen-bond donors (Lipinski definition) is 2. The number of nitrogens with one attached hydrogen (secondary N) is 2. The number of rotatable bonds is 4. The number of piperidine rings is 1. The zero-order valence-electron chi connectivity index (χ0n) is 16.0. The highest BCUT2D eigenvalue weighted by Crippen LogP contribution is 2.33. The second-order valence-electron chi connectivity index (χ2n) is 6.84. The van der Waals surface area contributed by atoms with Gasteiger partial charge in [-0.15, -0.1) is 0 Å². The van der Waals surface area contributed by atoms with Crippen molar-refractivity contribution in [2.24, 2.45) is 0 Å². The van der Waals surface area contributed by atoms with Gasteiger partial charge in [0, 0.05) is 13.3 Å². The fourth-order valence-corrected chi connectivity index (χ4v) is 3.51. The molecule has 1 aromatic heterocycles. The molecule has 11 nitrogen and oxygen atoms in total. The topological polar surface area (TPSA) is 152 Å². The molecule has 1 aromatic carbocycles. The Labute approximate surface area is 174 Å². The van der Waals surface area contributed by atoms with E-state index in [0.717, 1.165) is 6.92 Å². The summed E-state index contributed by atoms with van der Waals surface area (Å²) in [6, 6.07) is 5.86. The Kier molecular flexibility index (Phi) is 4.85. The third kappa shape index (κ3) is 3.45. The van der Waals surface area contributed by atoms with Gasteiger partial charge in [0.1, 0.15) is 6.04 Å². The van der Waals surface area contributed by atoms with Crippen LogP contribution in [0.5, 0.6) is 0 Å². The molecule has 2 atom stereocenters. The summed E-state index contributed by atoms with van der Waals surface area (Å²) < 4.78 is 9.91. The molecule has 5 amide bonds. The van der Waals surface area contributed by atoms with E-state index < -0.39 is 47.7 Å². The maximum Gasteiger partial charge on any atom is 0.303 e. The first-order valence-electron chi connectivity index (χ1n) is 9.15. The summed E-state index contributed by atoms with van der Waals surface area (Å²) in [7, 11) is 0. The van der Waals surface area contributed by atoms with Crippen LogP contribution in [0.1, 0.15) is 44.6 Å². The minimum Gasteiger partial charge on any atom is -0.459 e. The van der Waals surface area contributed by atoms with Crippen LogP contribution in [-0.2, 0) is 19.1 Å². The number of ether oxygens (including phenoxy) is 1. The van der Waals surface area contributed by atoms with Gasteiger partial charge in [0.05, 0.1) is 23.1 Å². The van der Waals surface area contributed by atoms with Gasteiger partial charge in [-0.1, -0.05) is 6.07 Å². The van der Waals surface area contributed by atoms with Crippen molar-refractivity contribution in [2.75, 3.05) is 5.32 Å². The third-order valence-electron chi connectivity index (χ3n) is 4.84. The lowest BCUT2D eigenvalue weighted by Gasteiger charge is -2.31. The Morgan fingerprint density at radius 1 is 1.10 bits per heavy atom. The van der Waals surface area contributed by atoms with E-state index in [9.17, 15) is 28.8 Å². The van der Waals surface area contributed by atoms with E-state index in [1.165, 1.54) is 36.6 Å². The Bertz CT molecular complexity index is 1140. The average Bonchev–Trinajstić information content (AvgIpc) is 3.33. The summed E-state index contributed by atoms with van der Waals surface area (Å²) >= 11 is 0. The summed E-state index contributed by atoms with van der Waals surface area (Å²) in [6.07, 6.45) is -0.393. The van der Waals surface area contributed by atoms with Crippen LogP contribution in [0.2, 0.25) is 0 Å².